The van der Waals surface area contributed by atoms with Crippen LogP contribution in [0.25, 0.3) is 0 Å². The van der Waals surface area contributed by atoms with Crippen LogP contribution in [0.15, 0.2) is 72.9 Å². The third-order valence-electron chi connectivity index (χ3n) is 15.7. The number of esters is 3. The van der Waals surface area contributed by atoms with Gasteiger partial charge < -0.3 is 14.2 Å². The summed E-state index contributed by atoms with van der Waals surface area (Å²) in [7, 11) is 0. The number of allylic oxidation sites excluding steroid dienone is 12. The zero-order chi connectivity index (χ0) is 58.5. The second-order valence-corrected chi connectivity index (χ2v) is 23.8. The molecule has 0 rings (SSSR count). The van der Waals surface area contributed by atoms with Crippen molar-refractivity contribution in [1.82, 2.24) is 0 Å². The van der Waals surface area contributed by atoms with Gasteiger partial charge in [0.15, 0.2) is 6.10 Å². The molecule has 1 atom stereocenters. The van der Waals surface area contributed by atoms with E-state index in [4.69, 9.17) is 14.2 Å². The Morgan fingerprint density at radius 2 is 0.481 bits per heavy atom. The zero-order valence-corrected chi connectivity index (χ0v) is 54.1. The number of unbranched alkanes of at least 4 members (excludes halogenated alkanes) is 42. The van der Waals surface area contributed by atoms with E-state index in [1.165, 1.54) is 244 Å². The Bertz CT molecular complexity index is 1490. The smallest absolute Gasteiger partial charge is 0.306 e. The number of rotatable bonds is 65. The first-order chi connectivity index (χ1) is 40.0. The third-order valence-corrected chi connectivity index (χ3v) is 15.7. The maximum Gasteiger partial charge on any atom is 0.306 e. The van der Waals surface area contributed by atoms with Gasteiger partial charge >= 0.3 is 17.9 Å². The quantitative estimate of drug-likeness (QED) is 0.0261. The Balaban J connectivity index is 4.36. The summed E-state index contributed by atoms with van der Waals surface area (Å²) in [5, 5.41) is 0. The van der Waals surface area contributed by atoms with Crippen LogP contribution in [-0.4, -0.2) is 37.2 Å². The molecule has 0 spiro atoms. The van der Waals surface area contributed by atoms with Gasteiger partial charge in [-0.2, -0.15) is 0 Å². The highest BCUT2D eigenvalue weighted by atomic mass is 16.6. The first-order valence-electron chi connectivity index (χ1n) is 35.4. The van der Waals surface area contributed by atoms with Crippen LogP contribution in [0.2, 0.25) is 0 Å². The zero-order valence-electron chi connectivity index (χ0n) is 54.1. The van der Waals surface area contributed by atoms with Crippen molar-refractivity contribution in [2.45, 2.75) is 374 Å². The lowest BCUT2D eigenvalue weighted by atomic mass is 10.0. The van der Waals surface area contributed by atoms with Crippen molar-refractivity contribution < 1.29 is 28.6 Å². The molecule has 0 radical (unpaired) electrons. The third kappa shape index (κ3) is 67.5. The predicted molar refractivity (Wildman–Crippen MR) is 353 cm³/mol. The van der Waals surface area contributed by atoms with Crippen LogP contribution in [0.3, 0.4) is 0 Å². The van der Waals surface area contributed by atoms with Gasteiger partial charge in [0.25, 0.3) is 0 Å². The molecular formula is C75H134O6. The summed E-state index contributed by atoms with van der Waals surface area (Å²) in [4.78, 5) is 38.5. The Labute approximate surface area is 503 Å². The van der Waals surface area contributed by atoms with Crippen molar-refractivity contribution in [3.05, 3.63) is 72.9 Å². The maximum atomic E-state index is 13.0. The van der Waals surface area contributed by atoms with Gasteiger partial charge in [0.1, 0.15) is 13.2 Å². The molecule has 0 aromatic rings. The Morgan fingerprint density at radius 3 is 0.765 bits per heavy atom. The Kier molecular flexibility index (Phi) is 66.6. The highest BCUT2D eigenvalue weighted by Crippen LogP contribution is 2.17. The standard InChI is InChI=1S/C75H134O6/c1-4-7-10-13-16-19-22-25-28-31-34-36-37-39-41-44-47-50-53-56-59-62-65-68-74(77)80-71-72(70-79-73(76)67-64-61-58-55-52-49-46-43-40-33-30-27-24-21-18-15-12-9-6-3)81-75(78)69-66-63-60-57-54-51-48-45-42-38-35-32-29-26-23-20-17-14-11-8-5-2/h7,10,16,19,25,27-28,30,32,34-36,72H,4-6,8-9,11-15,17-18,20-24,26,29,31,33,37-71H2,1-3H3/b10-7-,19-16-,28-25-,30-27-,35-32-,36-34-. The van der Waals surface area contributed by atoms with Crippen LogP contribution in [0.4, 0.5) is 0 Å². The summed E-state index contributed by atoms with van der Waals surface area (Å²) in [6.07, 6.45) is 90.6. The molecule has 0 bridgehead atoms. The minimum atomic E-state index is -0.781. The molecule has 0 aromatic carbocycles. The molecule has 81 heavy (non-hydrogen) atoms. The van der Waals surface area contributed by atoms with Gasteiger partial charge in [-0.25, -0.2) is 0 Å². The van der Waals surface area contributed by atoms with E-state index in [9.17, 15) is 14.4 Å². The Morgan fingerprint density at radius 1 is 0.259 bits per heavy atom. The number of carbonyl (C=O) groups is 3. The normalized spacial score (nSPS) is 12.5. The van der Waals surface area contributed by atoms with Crippen LogP contribution in [0.5, 0.6) is 0 Å². The second kappa shape index (κ2) is 69.3. The number of carbonyl (C=O) groups excluding carboxylic acids is 3. The highest BCUT2D eigenvalue weighted by Gasteiger charge is 2.19. The van der Waals surface area contributed by atoms with E-state index in [-0.39, 0.29) is 31.1 Å². The second-order valence-electron chi connectivity index (χ2n) is 23.8. The largest absolute Gasteiger partial charge is 0.462 e. The molecule has 0 saturated heterocycles. The topological polar surface area (TPSA) is 78.9 Å². The first-order valence-corrected chi connectivity index (χ1v) is 35.4. The van der Waals surface area contributed by atoms with Gasteiger partial charge in [-0.1, -0.05) is 312 Å². The fourth-order valence-corrected chi connectivity index (χ4v) is 10.4. The van der Waals surface area contributed by atoms with E-state index in [2.05, 4.69) is 93.7 Å². The minimum Gasteiger partial charge on any atom is -0.462 e. The van der Waals surface area contributed by atoms with E-state index in [0.717, 1.165) is 83.5 Å². The van der Waals surface area contributed by atoms with Crippen LogP contribution in [0, 0.1) is 0 Å². The molecule has 6 nitrogen and oxygen atoms in total. The van der Waals surface area contributed by atoms with E-state index < -0.39 is 6.10 Å². The molecule has 1 unspecified atom stereocenters. The van der Waals surface area contributed by atoms with Crippen molar-refractivity contribution in [1.29, 1.82) is 0 Å². The van der Waals surface area contributed by atoms with Crippen LogP contribution >= 0.6 is 0 Å². The molecule has 0 N–H and O–H groups in total. The first kappa shape index (κ1) is 77.9. The van der Waals surface area contributed by atoms with Gasteiger partial charge in [0.2, 0.25) is 0 Å². The summed E-state index contributed by atoms with van der Waals surface area (Å²) in [5.74, 6) is -0.862. The summed E-state index contributed by atoms with van der Waals surface area (Å²) >= 11 is 0. The van der Waals surface area contributed by atoms with Crippen LogP contribution < -0.4 is 0 Å². The van der Waals surface area contributed by atoms with E-state index in [0.29, 0.717) is 19.3 Å². The molecule has 0 saturated carbocycles. The van der Waals surface area contributed by atoms with Gasteiger partial charge in [-0.15, -0.1) is 0 Å². The predicted octanol–water partition coefficient (Wildman–Crippen LogP) is 24.4. The van der Waals surface area contributed by atoms with Crippen molar-refractivity contribution in [2.75, 3.05) is 13.2 Å². The van der Waals surface area contributed by atoms with Crippen molar-refractivity contribution in [3.63, 3.8) is 0 Å². The SMILES string of the molecule is CC/C=C\C/C=C\C/C=C\C/C=C\CCCCCCCCCCCCC(=O)OCC(COC(=O)CCCCCCCCCCC/C=C\CCCCCCCC)OC(=O)CCCCCCCCCCC/C=C\CCCCCCCCCC. The molecule has 6 heteroatoms. The molecule has 0 fully saturated rings. The lowest BCUT2D eigenvalue weighted by molar-refractivity contribution is -0.167. The van der Waals surface area contributed by atoms with Gasteiger partial charge in [-0.05, 0) is 109 Å². The molecule has 0 aromatic heterocycles. The number of hydrogen-bond acceptors (Lipinski definition) is 6. The van der Waals surface area contributed by atoms with E-state index in [1.807, 2.05) is 0 Å². The van der Waals surface area contributed by atoms with Gasteiger partial charge in [-0.3, -0.25) is 14.4 Å². The average Bonchev–Trinajstić information content (AvgIpc) is 3.47. The number of ether oxygens (including phenoxy) is 3. The molecule has 470 valence electrons. The van der Waals surface area contributed by atoms with Gasteiger partial charge in [0, 0.05) is 19.3 Å². The molecule has 0 aliphatic rings. The van der Waals surface area contributed by atoms with Crippen molar-refractivity contribution >= 4 is 17.9 Å². The van der Waals surface area contributed by atoms with E-state index >= 15 is 0 Å². The van der Waals surface area contributed by atoms with E-state index in [1.54, 1.807) is 0 Å². The van der Waals surface area contributed by atoms with Crippen molar-refractivity contribution in [3.8, 4) is 0 Å². The molecular weight excluding hydrogens is 997 g/mol. The minimum absolute atomic E-state index is 0.0757. The fourth-order valence-electron chi connectivity index (χ4n) is 10.4. The van der Waals surface area contributed by atoms with Crippen LogP contribution in [-0.2, 0) is 28.6 Å². The summed E-state index contributed by atoms with van der Waals surface area (Å²) in [6, 6.07) is 0. The average molecular weight is 1130 g/mol. The molecule has 0 aliphatic heterocycles. The van der Waals surface area contributed by atoms with Crippen LogP contribution in [0.1, 0.15) is 367 Å². The highest BCUT2D eigenvalue weighted by molar-refractivity contribution is 5.71. The Hall–Kier alpha value is -3.15. The summed E-state index contributed by atoms with van der Waals surface area (Å²) in [6.45, 7) is 6.58. The lowest BCUT2D eigenvalue weighted by Gasteiger charge is -2.18. The fraction of sp³-hybridized carbons (Fsp3) is 0.800. The number of hydrogen-bond donors (Lipinski definition) is 0. The molecule has 0 aliphatic carbocycles. The maximum absolute atomic E-state index is 13.0. The molecule has 0 amide bonds. The van der Waals surface area contributed by atoms with Crippen molar-refractivity contribution in [2.24, 2.45) is 0 Å². The summed E-state index contributed by atoms with van der Waals surface area (Å²) in [5.41, 5.74) is 0. The lowest BCUT2D eigenvalue weighted by Crippen LogP contribution is -2.30. The monoisotopic (exact) mass is 1130 g/mol. The van der Waals surface area contributed by atoms with Gasteiger partial charge in [0.05, 0.1) is 0 Å². The summed E-state index contributed by atoms with van der Waals surface area (Å²) < 4.78 is 17.0. The molecule has 0 heterocycles.